The molecule has 0 aliphatic rings. The predicted octanol–water partition coefficient (Wildman–Crippen LogP) is 4.57. The van der Waals surface area contributed by atoms with Gasteiger partial charge in [0.1, 0.15) is 0 Å². The zero-order valence-electron chi connectivity index (χ0n) is 17.3. The number of hydrogen-bond donors (Lipinski definition) is 0. The van der Waals surface area contributed by atoms with Crippen molar-refractivity contribution in [1.29, 1.82) is 0 Å². The highest BCUT2D eigenvalue weighted by atomic mass is 32.2. The summed E-state index contributed by atoms with van der Waals surface area (Å²) in [7, 11) is -1.22. The lowest BCUT2D eigenvalue weighted by molar-refractivity contribution is -0.385. The van der Waals surface area contributed by atoms with Crippen LogP contribution >= 0.6 is 0 Å². The van der Waals surface area contributed by atoms with Crippen molar-refractivity contribution < 1.29 is 22.8 Å². The quantitative estimate of drug-likeness (QED) is 0.374. The number of non-ortho nitro benzene ring substituents is 1. The van der Waals surface area contributed by atoms with Gasteiger partial charge in [-0.3, -0.25) is 14.4 Å². The molecule has 0 heterocycles. The van der Waals surface area contributed by atoms with E-state index in [4.69, 9.17) is 9.47 Å². The minimum atomic E-state index is -4.17. The molecule has 0 fully saturated rings. The molecule has 0 aliphatic heterocycles. The van der Waals surface area contributed by atoms with Gasteiger partial charge in [0.2, 0.25) is 0 Å². The third-order valence-electron chi connectivity index (χ3n) is 4.84. The number of sulfonamides is 1. The SMILES string of the molecule is COc1ccc(N([C@@H](C)c2ccccc2)S(=O)(=O)c2cccc([N+](=O)[O-])c2)cc1OC. The monoisotopic (exact) mass is 442 g/mol. The molecule has 0 aromatic heterocycles. The molecule has 0 unspecified atom stereocenters. The second kappa shape index (κ2) is 9.05. The van der Waals surface area contributed by atoms with Gasteiger partial charge >= 0.3 is 0 Å². The average molecular weight is 442 g/mol. The lowest BCUT2D eigenvalue weighted by Gasteiger charge is -2.31. The topological polar surface area (TPSA) is 99.0 Å². The minimum absolute atomic E-state index is 0.181. The smallest absolute Gasteiger partial charge is 0.270 e. The first-order valence-electron chi connectivity index (χ1n) is 9.35. The lowest BCUT2D eigenvalue weighted by atomic mass is 10.1. The Morgan fingerprint density at radius 1 is 0.903 bits per heavy atom. The molecule has 9 heteroatoms. The second-order valence-electron chi connectivity index (χ2n) is 6.68. The summed E-state index contributed by atoms with van der Waals surface area (Å²) in [6.45, 7) is 1.75. The summed E-state index contributed by atoms with van der Waals surface area (Å²) in [6.07, 6.45) is 0. The van der Waals surface area contributed by atoms with E-state index < -0.39 is 21.0 Å². The standard InChI is InChI=1S/C22H22N2O6S/c1-16(17-8-5-4-6-9-17)23(18-12-13-21(29-2)22(15-18)30-3)31(27,28)20-11-7-10-19(14-20)24(25)26/h4-16H,1-3H3/t16-/m0/s1. The summed E-state index contributed by atoms with van der Waals surface area (Å²) >= 11 is 0. The molecular weight excluding hydrogens is 420 g/mol. The highest BCUT2D eigenvalue weighted by Crippen LogP contribution is 2.38. The van der Waals surface area contributed by atoms with Crippen LogP contribution in [0.3, 0.4) is 0 Å². The maximum Gasteiger partial charge on any atom is 0.270 e. The van der Waals surface area contributed by atoms with Crippen LogP contribution in [-0.2, 0) is 10.0 Å². The van der Waals surface area contributed by atoms with Crippen molar-refractivity contribution in [2.24, 2.45) is 0 Å². The molecule has 8 nitrogen and oxygen atoms in total. The van der Waals surface area contributed by atoms with E-state index in [9.17, 15) is 18.5 Å². The number of benzene rings is 3. The maximum absolute atomic E-state index is 13.7. The van der Waals surface area contributed by atoms with Crippen LogP contribution in [0.2, 0.25) is 0 Å². The van der Waals surface area contributed by atoms with Gasteiger partial charge in [-0.25, -0.2) is 8.42 Å². The Morgan fingerprint density at radius 2 is 1.58 bits per heavy atom. The van der Waals surface area contributed by atoms with E-state index >= 15 is 0 Å². The Kier molecular flexibility index (Phi) is 6.45. The van der Waals surface area contributed by atoms with Gasteiger partial charge in [-0.15, -0.1) is 0 Å². The maximum atomic E-state index is 13.7. The van der Waals surface area contributed by atoms with Crippen molar-refractivity contribution >= 4 is 21.4 Å². The molecular formula is C22H22N2O6S. The van der Waals surface area contributed by atoms with Crippen molar-refractivity contribution in [2.45, 2.75) is 17.9 Å². The number of rotatable bonds is 8. The Balaban J connectivity index is 2.21. The lowest BCUT2D eigenvalue weighted by Crippen LogP contribution is -2.33. The van der Waals surface area contributed by atoms with Crippen molar-refractivity contribution in [2.75, 3.05) is 18.5 Å². The van der Waals surface area contributed by atoms with Gasteiger partial charge < -0.3 is 9.47 Å². The molecule has 0 N–H and O–H groups in total. The molecule has 31 heavy (non-hydrogen) atoms. The van der Waals surface area contributed by atoms with Crippen molar-refractivity contribution in [3.05, 3.63) is 88.5 Å². The summed E-state index contributed by atoms with van der Waals surface area (Å²) in [5.74, 6) is 0.811. The number of ether oxygens (including phenoxy) is 2. The number of hydrogen-bond acceptors (Lipinski definition) is 6. The molecule has 0 amide bonds. The van der Waals surface area contributed by atoms with Gasteiger partial charge in [-0.2, -0.15) is 0 Å². The Bertz CT molecular complexity index is 1180. The number of nitro benzene ring substituents is 1. The van der Waals surface area contributed by atoms with Gasteiger partial charge in [-0.05, 0) is 30.7 Å². The average Bonchev–Trinajstić information content (AvgIpc) is 2.79. The van der Waals surface area contributed by atoms with Gasteiger partial charge in [0.25, 0.3) is 15.7 Å². The molecule has 0 bridgehead atoms. The molecule has 0 saturated heterocycles. The molecule has 3 rings (SSSR count). The summed E-state index contributed by atoms with van der Waals surface area (Å²) in [5.41, 5.74) is 0.785. The Hall–Kier alpha value is -3.59. The van der Waals surface area contributed by atoms with E-state index in [1.54, 1.807) is 25.1 Å². The van der Waals surface area contributed by atoms with Crippen LogP contribution in [0.15, 0.2) is 77.7 Å². The van der Waals surface area contributed by atoms with E-state index in [-0.39, 0.29) is 10.6 Å². The highest BCUT2D eigenvalue weighted by molar-refractivity contribution is 7.92. The van der Waals surface area contributed by atoms with Crippen LogP contribution in [0.1, 0.15) is 18.5 Å². The van der Waals surface area contributed by atoms with Crippen molar-refractivity contribution in [3.63, 3.8) is 0 Å². The first-order valence-corrected chi connectivity index (χ1v) is 10.8. The van der Waals surface area contributed by atoms with E-state index in [1.165, 1.54) is 36.7 Å². The minimum Gasteiger partial charge on any atom is -0.493 e. The fourth-order valence-electron chi connectivity index (χ4n) is 3.27. The Morgan fingerprint density at radius 3 is 2.19 bits per heavy atom. The molecule has 0 spiro atoms. The summed E-state index contributed by atoms with van der Waals surface area (Å²) in [4.78, 5) is 10.4. The summed E-state index contributed by atoms with van der Waals surface area (Å²) in [6, 6.07) is 18.3. The third kappa shape index (κ3) is 4.46. The fraction of sp³-hybridized carbons (Fsp3) is 0.182. The van der Waals surface area contributed by atoms with Crippen LogP contribution in [0.25, 0.3) is 0 Å². The molecule has 0 saturated carbocycles. The van der Waals surface area contributed by atoms with Gasteiger partial charge in [0.05, 0.1) is 35.8 Å². The molecule has 3 aromatic carbocycles. The zero-order chi connectivity index (χ0) is 22.6. The largest absolute Gasteiger partial charge is 0.493 e. The highest BCUT2D eigenvalue weighted by Gasteiger charge is 2.32. The normalized spacial score (nSPS) is 12.1. The number of nitrogens with zero attached hydrogens (tertiary/aromatic N) is 2. The molecule has 0 aliphatic carbocycles. The predicted molar refractivity (Wildman–Crippen MR) is 117 cm³/mol. The van der Waals surface area contributed by atoms with Crippen molar-refractivity contribution in [3.8, 4) is 11.5 Å². The van der Waals surface area contributed by atoms with Gasteiger partial charge in [0.15, 0.2) is 11.5 Å². The van der Waals surface area contributed by atoms with Crippen LogP contribution in [0.5, 0.6) is 11.5 Å². The number of nitro groups is 1. The van der Waals surface area contributed by atoms with Crippen molar-refractivity contribution in [1.82, 2.24) is 0 Å². The number of methoxy groups -OCH3 is 2. The first-order chi connectivity index (χ1) is 14.8. The van der Waals surface area contributed by atoms with Crippen LogP contribution in [0.4, 0.5) is 11.4 Å². The fourth-order valence-corrected chi connectivity index (χ4v) is 4.95. The van der Waals surface area contributed by atoms with Gasteiger partial charge in [-0.1, -0.05) is 36.4 Å². The van der Waals surface area contributed by atoms with E-state index in [0.29, 0.717) is 17.2 Å². The summed E-state index contributed by atoms with van der Waals surface area (Å²) < 4.78 is 39.2. The van der Waals surface area contributed by atoms with E-state index in [1.807, 2.05) is 30.3 Å². The second-order valence-corrected chi connectivity index (χ2v) is 8.50. The molecule has 3 aromatic rings. The van der Waals surface area contributed by atoms with E-state index in [0.717, 1.165) is 11.6 Å². The molecule has 162 valence electrons. The number of anilines is 1. The summed E-state index contributed by atoms with van der Waals surface area (Å²) in [5, 5.41) is 11.2. The van der Waals surface area contributed by atoms with Crippen LogP contribution < -0.4 is 13.8 Å². The first kappa shape index (κ1) is 22.1. The zero-order valence-corrected chi connectivity index (χ0v) is 18.1. The van der Waals surface area contributed by atoms with Crippen LogP contribution in [-0.4, -0.2) is 27.6 Å². The van der Waals surface area contributed by atoms with E-state index in [2.05, 4.69) is 0 Å². The molecule has 0 radical (unpaired) electrons. The van der Waals surface area contributed by atoms with Gasteiger partial charge in [0, 0.05) is 18.2 Å². The van der Waals surface area contributed by atoms with Crippen LogP contribution in [0, 0.1) is 10.1 Å². The third-order valence-corrected chi connectivity index (χ3v) is 6.74. The molecule has 1 atom stereocenters. The Labute approximate surface area is 180 Å².